The SMILES string of the molecule is COCCN(Cc1c(C)nn(-c2ccccc2)c1Oc1ccc(F)cc1F)CC(O)COC(C)(C)C. The van der Waals surface area contributed by atoms with Crippen LogP contribution in [0.3, 0.4) is 0 Å². The molecule has 3 aromatic rings. The molecule has 1 atom stereocenters. The van der Waals surface area contributed by atoms with Crippen LogP contribution in [0.25, 0.3) is 5.69 Å². The molecule has 3 rings (SSSR count). The van der Waals surface area contributed by atoms with Crippen molar-refractivity contribution < 1.29 is 28.1 Å². The van der Waals surface area contributed by atoms with Gasteiger partial charge in [0.1, 0.15) is 5.82 Å². The van der Waals surface area contributed by atoms with Gasteiger partial charge in [0.2, 0.25) is 5.88 Å². The van der Waals surface area contributed by atoms with Crippen LogP contribution in [0.4, 0.5) is 8.78 Å². The maximum atomic E-state index is 14.5. The molecule has 1 aromatic heterocycles. The normalized spacial score (nSPS) is 12.8. The van der Waals surface area contributed by atoms with Gasteiger partial charge in [-0.3, -0.25) is 4.90 Å². The summed E-state index contributed by atoms with van der Waals surface area (Å²) in [7, 11) is 1.61. The predicted molar refractivity (Wildman–Crippen MR) is 134 cm³/mol. The number of aliphatic hydroxyl groups is 1. The van der Waals surface area contributed by atoms with Gasteiger partial charge in [-0.25, -0.2) is 13.5 Å². The van der Waals surface area contributed by atoms with E-state index in [1.165, 1.54) is 6.07 Å². The zero-order valence-electron chi connectivity index (χ0n) is 21.5. The number of aliphatic hydroxyl groups excluding tert-OH is 1. The fraction of sp³-hybridized carbons (Fsp3) is 0.444. The van der Waals surface area contributed by atoms with Crippen LogP contribution in [0.5, 0.6) is 11.6 Å². The highest BCUT2D eigenvalue weighted by Crippen LogP contribution is 2.33. The Morgan fingerprint density at radius 2 is 1.83 bits per heavy atom. The van der Waals surface area contributed by atoms with Crippen LogP contribution in [-0.4, -0.2) is 64.9 Å². The number of aryl methyl sites for hydroxylation is 1. The topological polar surface area (TPSA) is 69.0 Å². The van der Waals surface area contributed by atoms with Crippen LogP contribution < -0.4 is 4.74 Å². The van der Waals surface area contributed by atoms with Crippen molar-refractivity contribution in [3.8, 4) is 17.3 Å². The average Bonchev–Trinajstić information content (AvgIpc) is 3.13. The molecule has 0 aliphatic heterocycles. The zero-order chi connectivity index (χ0) is 26.3. The lowest BCUT2D eigenvalue weighted by molar-refractivity contribution is -0.0577. The quantitative estimate of drug-likeness (QED) is 0.380. The Balaban J connectivity index is 1.94. The highest BCUT2D eigenvalue weighted by Gasteiger charge is 2.24. The molecule has 9 heteroatoms. The number of hydrogen-bond acceptors (Lipinski definition) is 6. The number of nitrogens with zero attached hydrogens (tertiary/aromatic N) is 3. The lowest BCUT2D eigenvalue weighted by Crippen LogP contribution is -2.38. The predicted octanol–water partition coefficient (Wildman–Crippen LogP) is 4.88. The molecule has 1 heterocycles. The Hall–Kier alpha value is -2.85. The third-order valence-electron chi connectivity index (χ3n) is 5.41. The molecule has 0 radical (unpaired) electrons. The summed E-state index contributed by atoms with van der Waals surface area (Å²) < 4.78 is 46.6. The summed E-state index contributed by atoms with van der Waals surface area (Å²) in [6.07, 6.45) is -0.732. The van der Waals surface area contributed by atoms with E-state index in [4.69, 9.17) is 14.2 Å². The number of ether oxygens (including phenoxy) is 3. The molecule has 0 fully saturated rings. The van der Waals surface area contributed by atoms with Crippen LogP contribution in [0.15, 0.2) is 48.5 Å². The largest absolute Gasteiger partial charge is 0.435 e. The maximum absolute atomic E-state index is 14.5. The van der Waals surface area contributed by atoms with Crippen molar-refractivity contribution in [2.75, 3.05) is 33.4 Å². The monoisotopic (exact) mass is 503 g/mol. The second kappa shape index (κ2) is 12.4. The van der Waals surface area contributed by atoms with Crippen molar-refractivity contribution >= 4 is 0 Å². The number of benzene rings is 2. The number of halogens is 2. The van der Waals surface area contributed by atoms with Gasteiger partial charge in [-0.1, -0.05) is 18.2 Å². The van der Waals surface area contributed by atoms with E-state index in [1.807, 2.05) is 62.9 Å². The van der Waals surface area contributed by atoms with Gasteiger partial charge in [-0.15, -0.1) is 0 Å². The summed E-state index contributed by atoms with van der Waals surface area (Å²) in [5.41, 5.74) is 1.75. The standard InChI is InChI=1S/C27H35F2N3O4/c1-19-23(17-31(13-14-34-5)16-22(33)18-35-27(2,3)4)26(32(30-19)21-9-7-6-8-10-21)36-25-12-11-20(28)15-24(25)29/h6-12,15,22,33H,13-14,16-18H2,1-5H3. The second-order valence-electron chi connectivity index (χ2n) is 9.60. The van der Waals surface area contributed by atoms with Gasteiger partial charge in [0.15, 0.2) is 11.6 Å². The Kier molecular flexibility index (Phi) is 9.56. The molecule has 2 aromatic carbocycles. The Labute approximate surface area is 211 Å². The van der Waals surface area contributed by atoms with Crippen LogP contribution >= 0.6 is 0 Å². The molecule has 1 N–H and O–H groups in total. The van der Waals surface area contributed by atoms with Crippen molar-refractivity contribution in [1.29, 1.82) is 0 Å². The molecule has 0 saturated heterocycles. The average molecular weight is 504 g/mol. The first kappa shape index (κ1) is 27.7. The molecule has 36 heavy (non-hydrogen) atoms. The number of methoxy groups -OCH3 is 1. The molecule has 1 unspecified atom stereocenters. The molecule has 0 aliphatic rings. The van der Waals surface area contributed by atoms with Crippen molar-refractivity contribution in [1.82, 2.24) is 14.7 Å². The molecule has 0 bridgehead atoms. The van der Waals surface area contributed by atoms with Gasteiger partial charge in [0, 0.05) is 32.8 Å². The van der Waals surface area contributed by atoms with Crippen molar-refractivity contribution in [3.63, 3.8) is 0 Å². The first-order valence-corrected chi connectivity index (χ1v) is 11.9. The van der Waals surface area contributed by atoms with Crippen LogP contribution in [-0.2, 0) is 16.0 Å². The van der Waals surface area contributed by atoms with E-state index in [1.54, 1.807) is 11.8 Å². The molecule has 0 amide bonds. The third-order valence-corrected chi connectivity index (χ3v) is 5.41. The number of para-hydroxylation sites is 1. The van der Waals surface area contributed by atoms with Gasteiger partial charge >= 0.3 is 0 Å². The van der Waals surface area contributed by atoms with Gasteiger partial charge in [-0.2, -0.15) is 5.10 Å². The van der Waals surface area contributed by atoms with E-state index < -0.39 is 17.7 Å². The molecule has 7 nitrogen and oxygen atoms in total. The summed E-state index contributed by atoms with van der Waals surface area (Å²) in [6, 6.07) is 12.5. The Bertz CT molecular complexity index is 1120. The molecular weight excluding hydrogens is 468 g/mol. The third kappa shape index (κ3) is 7.83. The van der Waals surface area contributed by atoms with Gasteiger partial charge < -0.3 is 19.3 Å². The maximum Gasteiger partial charge on any atom is 0.227 e. The number of hydrogen-bond donors (Lipinski definition) is 1. The highest BCUT2D eigenvalue weighted by atomic mass is 19.1. The van der Waals surface area contributed by atoms with E-state index in [0.717, 1.165) is 17.8 Å². The fourth-order valence-electron chi connectivity index (χ4n) is 3.61. The van der Waals surface area contributed by atoms with E-state index >= 15 is 0 Å². The minimum Gasteiger partial charge on any atom is -0.435 e. The fourth-order valence-corrected chi connectivity index (χ4v) is 3.61. The highest BCUT2D eigenvalue weighted by molar-refractivity contribution is 5.43. The first-order chi connectivity index (χ1) is 17.1. The van der Waals surface area contributed by atoms with Crippen LogP contribution in [0.2, 0.25) is 0 Å². The number of rotatable bonds is 12. The van der Waals surface area contributed by atoms with Crippen LogP contribution in [0.1, 0.15) is 32.0 Å². The molecule has 0 saturated carbocycles. The molecule has 0 spiro atoms. The Morgan fingerprint density at radius 3 is 2.47 bits per heavy atom. The summed E-state index contributed by atoms with van der Waals surface area (Å²) in [5, 5.41) is 15.3. The minimum absolute atomic E-state index is 0.114. The Morgan fingerprint density at radius 1 is 1.11 bits per heavy atom. The van der Waals surface area contributed by atoms with E-state index in [0.29, 0.717) is 43.4 Å². The van der Waals surface area contributed by atoms with E-state index in [-0.39, 0.29) is 18.0 Å². The smallest absolute Gasteiger partial charge is 0.227 e. The van der Waals surface area contributed by atoms with Gasteiger partial charge in [0.25, 0.3) is 0 Å². The lowest BCUT2D eigenvalue weighted by atomic mass is 10.2. The zero-order valence-corrected chi connectivity index (χ0v) is 21.5. The van der Waals surface area contributed by atoms with Gasteiger partial charge in [0.05, 0.1) is 41.9 Å². The molecule has 196 valence electrons. The molecule has 0 aliphatic carbocycles. The van der Waals surface area contributed by atoms with E-state index in [9.17, 15) is 13.9 Å². The number of aromatic nitrogens is 2. The van der Waals surface area contributed by atoms with Gasteiger partial charge in [-0.05, 0) is 52.0 Å². The molecular formula is C27H35F2N3O4. The minimum atomic E-state index is -0.814. The first-order valence-electron chi connectivity index (χ1n) is 11.9. The van der Waals surface area contributed by atoms with E-state index in [2.05, 4.69) is 5.10 Å². The summed E-state index contributed by atoms with van der Waals surface area (Å²) in [5.74, 6) is -1.31. The van der Waals surface area contributed by atoms with Crippen LogP contribution in [0, 0.1) is 18.6 Å². The summed E-state index contributed by atoms with van der Waals surface area (Å²) in [6.45, 7) is 9.47. The lowest BCUT2D eigenvalue weighted by Gasteiger charge is -2.27. The second-order valence-corrected chi connectivity index (χ2v) is 9.60. The van der Waals surface area contributed by atoms with Crippen molar-refractivity contribution in [3.05, 3.63) is 71.4 Å². The summed E-state index contributed by atoms with van der Waals surface area (Å²) in [4.78, 5) is 2.01. The van der Waals surface area contributed by atoms with Crippen molar-refractivity contribution in [2.45, 2.75) is 45.9 Å². The summed E-state index contributed by atoms with van der Waals surface area (Å²) >= 11 is 0. The van der Waals surface area contributed by atoms with Crippen molar-refractivity contribution in [2.24, 2.45) is 0 Å².